The quantitative estimate of drug-likeness (QED) is 0.657. The van der Waals surface area contributed by atoms with Crippen LogP contribution in [0.1, 0.15) is 19.9 Å². The maximum atomic E-state index is 12.1. The predicted octanol–water partition coefficient (Wildman–Crippen LogP) is 4.34. The normalized spacial score (nSPS) is 11.9. The van der Waals surface area contributed by atoms with E-state index in [1.54, 1.807) is 18.5 Å². The monoisotopic (exact) mass is 320 g/mol. The van der Waals surface area contributed by atoms with Crippen LogP contribution in [0.2, 0.25) is 0 Å². The summed E-state index contributed by atoms with van der Waals surface area (Å²) in [5.74, 6) is -0.278. The first kappa shape index (κ1) is 16.0. The molecule has 0 N–H and O–H groups in total. The number of carbonyl (C=O) groups is 1. The lowest BCUT2D eigenvalue weighted by Crippen LogP contribution is -2.19. The zero-order valence-electron chi connectivity index (χ0n) is 13.8. The summed E-state index contributed by atoms with van der Waals surface area (Å²) in [6.07, 6.45) is 1.92. The number of esters is 1. The van der Waals surface area contributed by atoms with Crippen molar-refractivity contribution in [2.45, 2.75) is 19.9 Å². The summed E-state index contributed by atoms with van der Waals surface area (Å²) in [7, 11) is 0. The summed E-state index contributed by atoms with van der Waals surface area (Å²) in [6.45, 7) is 3.97. The Morgan fingerprint density at radius 3 is 2.21 bits per heavy atom. The van der Waals surface area contributed by atoms with Crippen LogP contribution in [0, 0.1) is 0 Å². The fraction of sp³-hybridized carbons (Fsp3) is 0.200. The van der Waals surface area contributed by atoms with Gasteiger partial charge in [-0.3, -0.25) is 4.68 Å². The summed E-state index contributed by atoms with van der Waals surface area (Å²) >= 11 is 0. The lowest BCUT2D eigenvalue weighted by molar-refractivity contribution is -0.146. The van der Waals surface area contributed by atoms with Crippen molar-refractivity contribution in [3.63, 3.8) is 0 Å². The van der Waals surface area contributed by atoms with Gasteiger partial charge in [-0.15, -0.1) is 0 Å². The highest BCUT2D eigenvalue weighted by Gasteiger charge is 2.21. The largest absolute Gasteiger partial charge is 0.464 e. The molecule has 2 aromatic carbocycles. The zero-order valence-corrected chi connectivity index (χ0v) is 13.8. The van der Waals surface area contributed by atoms with E-state index in [1.807, 2.05) is 66.9 Å². The van der Waals surface area contributed by atoms with E-state index in [0.29, 0.717) is 6.61 Å². The van der Waals surface area contributed by atoms with Gasteiger partial charge in [0.05, 0.1) is 6.61 Å². The van der Waals surface area contributed by atoms with Gasteiger partial charge in [0.15, 0.2) is 0 Å². The van der Waals surface area contributed by atoms with Crippen LogP contribution >= 0.6 is 0 Å². The molecule has 1 unspecified atom stereocenters. The van der Waals surface area contributed by atoms with Crippen LogP contribution < -0.4 is 0 Å². The average Bonchev–Trinajstić information content (AvgIpc) is 3.08. The summed E-state index contributed by atoms with van der Waals surface area (Å²) in [6, 6.07) is 19.6. The minimum Gasteiger partial charge on any atom is -0.464 e. The third kappa shape index (κ3) is 3.23. The fourth-order valence-corrected chi connectivity index (χ4v) is 2.60. The number of hydrogen-bond donors (Lipinski definition) is 0. The van der Waals surface area contributed by atoms with Crippen molar-refractivity contribution in [2.75, 3.05) is 6.61 Å². The zero-order chi connectivity index (χ0) is 16.9. The van der Waals surface area contributed by atoms with Crippen molar-refractivity contribution in [1.82, 2.24) is 9.78 Å². The number of nitrogens with zero attached hydrogens (tertiary/aromatic N) is 2. The number of carbonyl (C=O) groups excluding carboxylic acids is 1. The molecule has 0 aliphatic carbocycles. The molecular formula is C20H20N2O2. The lowest BCUT2D eigenvalue weighted by atomic mass is 10.0. The third-order valence-electron chi connectivity index (χ3n) is 3.89. The Morgan fingerprint density at radius 1 is 1.04 bits per heavy atom. The third-order valence-corrected chi connectivity index (χ3v) is 3.89. The predicted molar refractivity (Wildman–Crippen MR) is 94.4 cm³/mol. The van der Waals surface area contributed by atoms with Crippen molar-refractivity contribution in [2.24, 2.45) is 0 Å². The molecule has 0 amide bonds. The molecule has 3 rings (SSSR count). The topological polar surface area (TPSA) is 44.1 Å². The van der Waals surface area contributed by atoms with Crippen molar-refractivity contribution >= 4 is 5.97 Å². The lowest BCUT2D eigenvalue weighted by Gasteiger charge is -2.10. The van der Waals surface area contributed by atoms with Gasteiger partial charge in [-0.1, -0.05) is 60.7 Å². The first-order chi connectivity index (χ1) is 11.7. The highest BCUT2D eigenvalue weighted by atomic mass is 16.5. The molecule has 0 radical (unpaired) electrons. The molecule has 0 fully saturated rings. The number of benzene rings is 2. The molecule has 1 aromatic heterocycles. The van der Waals surface area contributed by atoms with Gasteiger partial charge in [0.25, 0.3) is 0 Å². The Bertz CT molecular complexity index is 753. The van der Waals surface area contributed by atoms with E-state index in [9.17, 15) is 4.79 Å². The van der Waals surface area contributed by atoms with Gasteiger partial charge in [0.2, 0.25) is 0 Å². The average molecular weight is 320 g/mol. The van der Waals surface area contributed by atoms with Crippen LogP contribution in [0.25, 0.3) is 22.4 Å². The van der Waals surface area contributed by atoms with Gasteiger partial charge < -0.3 is 4.74 Å². The van der Waals surface area contributed by atoms with E-state index >= 15 is 0 Å². The van der Waals surface area contributed by atoms with E-state index < -0.39 is 6.04 Å². The van der Waals surface area contributed by atoms with Crippen LogP contribution in [-0.4, -0.2) is 22.4 Å². The summed E-state index contributed by atoms with van der Waals surface area (Å²) in [5, 5.41) is 4.68. The van der Waals surface area contributed by atoms with Gasteiger partial charge in [-0.2, -0.15) is 5.10 Å². The second-order valence-corrected chi connectivity index (χ2v) is 5.53. The molecule has 3 aromatic rings. The highest BCUT2D eigenvalue weighted by Crippen LogP contribution is 2.31. The molecule has 122 valence electrons. The summed E-state index contributed by atoms with van der Waals surface area (Å²) in [4.78, 5) is 12.1. The Kier molecular flexibility index (Phi) is 4.75. The molecule has 4 nitrogen and oxygen atoms in total. The van der Waals surface area contributed by atoms with Crippen LogP contribution in [0.4, 0.5) is 0 Å². The van der Waals surface area contributed by atoms with Crippen LogP contribution in [0.15, 0.2) is 66.9 Å². The molecule has 0 saturated heterocycles. The Hall–Kier alpha value is -2.88. The Balaban J connectivity index is 2.08. The molecular weight excluding hydrogens is 300 g/mol. The van der Waals surface area contributed by atoms with E-state index in [-0.39, 0.29) is 5.97 Å². The van der Waals surface area contributed by atoms with Crippen molar-refractivity contribution in [3.8, 4) is 22.4 Å². The molecule has 0 bridgehead atoms. The maximum Gasteiger partial charge on any atom is 0.330 e. The molecule has 0 aliphatic heterocycles. The van der Waals surface area contributed by atoms with Gasteiger partial charge in [0, 0.05) is 17.3 Å². The Morgan fingerprint density at radius 2 is 1.62 bits per heavy atom. The fourth-order valence-electron chi connectivity index (χ4n) is 2.60. The number of aromatic nitrogens is 2. The molecule has 1 heterocycles. The maximum absolute atomic E-state index is 12.1. The number of hydrogen-bond acceptors (Lipinski definition) is 3. The minimum atomic E-state index is -0.468. The minimum absolute atomic E-state index is 0.278. The second-order valence-electron chi connectivity index (χ2n) is 5.53. The SMILES string of the molecule is CCOC(=O)C(C)n1cc(-c2ccccc2)c(-c2ccccc2)n1. The highest BCUT2D eigenvalue weighted by molar-refractivity contribution is 5.81. The van der Waals surface area contributed by atoms with Gasteiger partial charge >= 0.3 is 5.97 Å². The van der Waals surface area contributed by atoms with Crippen LogP contribution in [-0.2, 0) is 9.53 Å². The number of rotatable bonds is 5. The molecule has 1 atom stereocenters. The van der Waals surface area contributed by atoms with E-state index in [0.717, 1.165) is 22.4 Å². The van der Waals surface area contributed by atoms with Crippen molar-refractivity contribution in [3.05, 3.63) is 66.9 Å². The first-order valence-electron chi connectivity index (χ1n) is 8.07. The van der Waals surface area contributed by atoms with Crippen LogP contribution in [0.3, 0.4) is 0 Å². The van der Waals surface area contributed by atoms with Gasteiger partial charge in [-0.05, 0) is 19.4 Å². The molecule has 0 spiro atoms. The van der Waals surface area contributed by atoms with Gasteiger partial charge in [-0.25, -0.2) is 4.79 Å². The van der Waals surface area contributed by atoms with Crippen molar-refractivity contribution < 1.29 is 9.53 Å². The molecule has 0 saturated carbocycles. The second kappa shape index (κ2) is 7.13. The Labute approximate surface area is 141 Å². The van der Waals surface area contributed by atoms with E-state index in [1.165, 1.54) is 0 Å². The van der Waals surface area contributed by atoms with Crippen molar-refractivity contribution in [1.29, 1.82) is 0 Å². The standard InChI is InChI=1S/C20H20N2O2/c1-3-24-20(23)15(2)22-14-18(16-10-6-4-7-11-16)19(21-22)17-12-8-5-9-13-17/h4-15H,3H2,1-2H3. The van der Waals surface area contributed by atoms with E-state index in [4.69, 9.17) is 4.74 Å². The number of ether oxygens (including phenoxy) is 1. The first-order valence-corrected chi connectivity index (χ1v) is 8.07. The smallest absolute Gasteiger partial charge is 0.330 e. The van der Waals surface area contributed by atoms with Gasteiger partial charge in [0.1, 0.15) is 11.7 Å². The molecule has 4 heteroatoms. The molecule has 0 aliphatic rings. The summed E-state index contributed by atoms with van der Waals surface area (Å²) in [5.41, 5.74) is 3.95. The molecule has 24 heavy (non-hydrogen) atoms. The van der Waals surface area contributed by atoms with Crippen LogP contribution in [0.5, 0.6) is 0 Å². The summed E-state index contributed by atoms with van der Waals surface area (Å²) < 4.78 is 6.80. The van der Waals surface area contributed by atoms with E-state index in [2.05, 4.69) is 5.10 Å².